The quantitative estimate of drug-likeness (QED) is 0.718. The molecule has 4 aliphatic carbocycles. The number of hydrogen-bond donors (Lipinski definition) is 1. The first-order valence-corrected chi connectivity index (χ1v) is 13.0. The third kappa shape index (κ3) is 4.06. The number of carbonyl (C=O) groups is 1. The fourth-order valence-electron chi connectivity index (χ4n) is 6.98. The van der Waals surface area contributed by atoms with Crippen molar-refractivity contribution < 1.29 is 26.4 Å². The number of benzene rings is 1. The van der Waals surface area contributed by atoms with Gasteiger partial charge in [-0.1, -0.05) is 6.07 Å². The maximum Gasteiger partial charge on any atom is 0.416 e. The van der Waals surface area contributed by atoms with Crippen LogP contribution >= 0.6 is 0 Å². The van der Waals surface area contributed by atoms with E-state index < -0.39 is 27.7 Å². The minimum Gasteiger partial charge on any atom is -0.350 e. The van der Waals surface area contributed by atoms with Gasteiger partial charge in [0, 0.05) is 18.6 Å². The molecule has 5 aliphatic rings. The zero-order chi connectivity index (χ0) is 22.7. The van der Waals surface area contributed by atoms with Crippen molar-refractivity contribution in [1.82, 2.24) is 9.62 Å². The monoisotopic (exact) mass is 470 g/mol. The van der Waals surface area contributed by atoms with Crippen LogP contribution in [0.4, 0.5) is 13.2 Å². The number of hydrogen-bond acceptors (Lipinski definition) is 3. The van der Waals surface area contributed by atoms with E-state index in [0.717, 1.165) is 31.4 Å². The number of piperidine rings is 1. The first-order valence-electron chi connectivity index (χ1n) is 11.5. The molecule has 5 nitrogen and oxygen atoms in total. The first-order chi connectivity index (χ1) is 15.0. The van der Waals surface area contributed by atoms with E-state index in [2.05, 4.69) is 5.32 Å². The van der Waals surface area contributed by atoms with Crippen LogP contribution in [-0.2, 0) is 21.0 Å². The highest BCUT2D eigenvalue weighted by molar-refractivity contribution is 7.89. The summed E-state index contributed by atoms with van der Waals surface area (Å²) in [6.07, 6.45) is 3.33. The lowest BCUT2D eigenvalue weighted by atomic mass is 9.53. The van der Waals surface area contributed by atoms with Gasteiger partial charge in [0.25, 0.3) is 0 Å². The van der Waals surface area contributed by atoms with Gasteiger partial charge in [-0.3, -0.25) is 4.79 Å². The molecule has 0 spiro atoms. The fraction of sp³-hybridized carbons (Fsp3) is 0.696. The number of amides is 1. The molecule has 4 bridgehead atoms. The number of sulfonamides is 1. The van der Waals surface area contributed by atoms with Crippen LogP contribution in [0.25, 0.3) is 0 Å². The van der Waals surface area contributed by atoms with Crippen molar-refractivity contribution in [3.8, 4) is 0 Å². The summed E-state index contributed by atoms with van der Waals surface area (Å²) in [6, 6.07) is 3.83. The maximum absolute atomic E-state index is 13.2. The molecule has 1 amide bonds. The van der Waals surface area contributed by atoms with E-state index in [0.29, 0.717) is 36.7 Å². The third-order valence-electron chi connectivity index (χ3n) is 7.98. The molecular formula is C23H29F3N2O3S. The zero-order valence-electron chi connectivity index (χ0n) is 17.9. The van der Waals surface area contributed by atoms with E-state index in [1.165, 1.54) is 29.6 Å². The number of alkyl halides is 3. The van der Waals surface area contributed by atoms with Crippen molar-refractivity contribution in [3.63, 3.8) is 0 Å². The summed E-state index contributed by atoms with van der Waals surface area (Å²) in [7, 11) is -4.11. The molecule has 1 unspecified atom stereocenters. The van der Waals surface area contributed by atoms with Crippen molar-refractivity contribution in [2.45, 2.75) is 68.0 Å². The Morgan fingerprint density at radius 2 is 1.69 bits per heavy atom. The van der Waals surface area contributed by atoms with Crippen molar-refractivity contribution in [2.24, 2.45) is 23.7 Å². The predicted molar refractivity (Wildman–Crippen MR) is 112 cm³/mol. The van der Waals surface area contributed by atoms with Gasteiger partial charge in [0.2, 0.25) is 15.9 Å². The first kappa shape index (κ1) is 22.2. The predicted octanol–water partition coefficient (Wildman–Crippen LogP) is 4.19. The third-order valence-corrected chi connectivity index (χ3v) is 9.84. The van der Waals surface area contributed by atoms with Crippen LogP contribution in [0.3, 0.4) is 0 Å². The Labute approximate surface area is 186 Å². The smallest absolute Gasteiger partial charge is 0.350 e. The summed E-state index contributed by atoms with van der Waals surface area (Å²) in [5, 5.41) is 3.33. The van der Waals surface area contributed by atoms with Gasteiger partial charge in [0.05, 0.1) is 16.4 Å². The highest BCUT2D eigenvalue weighted by Crippen LogP contribution is 2.55. The van der Waals surface area contributed by atoms with Crippen LogP contribution in [-0.4, -0.2) is 37.3 Å². The maximum atomic E-state index is 13.2. The van der Waals surface area contributed by atoms with Gasteiger partial charge in [0.1, 0.15) is 0 Å². The van der Waals surface area contributed by atoms with Crippen LogP contribution in [0.5, 0.6) is 0 Å². The number of nitrogens with zero attached hydrogens (tertiary/aromatic N) is 1. The lowest BCUT2D eigenvalue weighted by molar-refractivity contribution is -0.137. The lowest BCUT2D eigenvalue weighted by Crippen LogP contribution is -2.61. The van der Waals surface area contributed by atoms with Crippen LogP contribution in [0, 0.1) is 23.7 Å². The van der Waals surface area contributed by atoms with Gasteiger partial charge in [-0.05, 0) is 87.3 Å². The molecule has 4 saturated carbocycles. The summed E-state index contributed by atoms with van der Waals surface area (Å²) >= 11 is 0. The molecular weight excluding hydrogens is 441 g/mol. The SMILES string of the molecule is O=C(NC12CC3CC(CC(C3)C1)C2)C1CCCN(S(=O)(=O)c2cccc(C(F)(F)F)c2)C1. The van der Waals surface area contributed by atoms with Gasteiger partial charge in [-0.15, -0.1) is 0 Å². The minimum atomic E-state index is -4.62. The van der Waals surface area contributed by atoms with Crippen molar-refractivity contribution >= 4 is 15.9 Å². The lowest BCUT2D eigenvalue weighted by Gasteiger charge is -2.57. The standard InChI is InChI=1S/C23H29F3N2O3S/c24-23(25,26)19-4-1-5-20(10-19)32(30,31)28-6-2-3-18(14-28)21(29)27-22-11-15-7-16(12-22)9-17(8-15)13-22/h1,4-5,10,15-18H,2-3,6-9,11-14H2,(H,27,29). The minimum absolute atomic E-state index is 0.0107. The van der Waals surface area contributed by atoms with Gasteiger partial charge in [-0.25, -0.2) is 8.42 Å². The van der Waals surface area contributed by atoms with E-state index in [9.17, 15) is 26.4 Å². The van der Waals surface area contributed by atoms with E-state index in [1.807, 2.05) is 0 Å². The van der Waals surface area contributed by atoms with Crippen molar-refractivity contribution in [2.75, 3.05) is 13.1 Å². The van der Waals surface area contributed by atoms with E-state index in [-0.39, 0.29) is 29.4 Å². The summed E-state index contributed by atoms with van der Waals surface area (Å²) < 4.78 is 66.5. The second-order valence-corrected chi connectivity index (χ2v) is 12.4. The largest absolute Gasteiger partial charge is 0.416 e. The molecule has 5 fully saturated rings. The van der Waals surface area contributed by atoms with Gasteiger partial charge >= 0.3 is 6.18 Å². The molecule has 1 atom stereocenters. The van der Waals surface area contributed by atoms with E-state index in [4.69, 9.17) is 0 Å². The molecule has 0 aromatic heterocycles. The summed E-state index contributed by atoms with van der Waals surface area (Å²) in [5.41, 5.74) is -1.14. The molecule has 1 aliphatic heterocycles. The fourth-order valence-corrected chi connectivity index (χ4v) is 8.55. The van der Waals surface area contributed by atoms with Crippen molar-refractivity contribution in [3.05, 3.63) is 29.8 Å². The molecule has 1 heterocycles. The number of carbonyl (C=O) groups excluding carboxylic acids is 1. The van der Waals surface area contributed by atoms with E-state index in [1.54, 1.807) is 0 Å². The van der Waals surface area contributed by atoms with Gasteiger partial charge < -0.3 is 5.32 Å². The normalized spacial score (nSPS) is 35.1. The average Bonchev–Trinajstić information content (AvgIpc) is 2.72. The topological polar surface area (TPSA) is 66.5 Å². The summed E-state index contributed by atoms with van der Waals surface area (Å²) in [5.74, 6) is 1.48. The number of halogens is 3. The van der Waals surface area contributed by atoms with Crippen LogP contribution in [0.2, 0.25) is 0 Å². The Balaban J connectivity index is 1.30. The molecule has 9 heteroatoms. The highest BCUT2D eigenvalue weighted by atomic mass is 32.2. The van der Waals surface area contributed by atoms with Gasteiger partial charge in [-0.2, -0.15) is 17.5 Å². The molecule has 1 aromatic rings. The molecule has 1 aromatic carbocycles. The Morgan fingerprint density at radius 3 is 2.28 bits per heavy atom. The highest BCUT2D eigenvalue weighted by Gasteiger charge is 2.52. The Kier molecular flexibility index (Phi) is 5.36. The Bertz CT molecular complexity index is 973. The molecule has 6 rings (SSSR count). The van der Waals surface area contributed by atoms with Gasteiger partial charge in [0.15, 0.2) is 0 Å². The molecule has 32 heavy (non-hydrogen) atoms. The molecule has 176 valence electrons. The average molecular weight is 471 g/mol. The van der Waals surface area contributed by atoms with Crippen LogP contribution in [0.1, 0.15) is 56.9 Å². The van der Waals surface area contributed by atoms with Crippen LogP contribution in [0.15, 0.2) is 29.2 Å². The zero-order valence-corrected chi connectivity index (χ0v) is 18.7. The number of rotatable bonds is 4. The Morgan fingerprint density at radius 1 is 1.06 bits per heavy atom. The molecule has 1 saturated heterocycles. The van der Waals surface area contributed by atoms with Crippen LogP contribution < -0.4 is 5.32 Å². The second-order valence-electron chi connectivity index (χ2n) is 10.4. The Hall–Kier alpha value is -1.61. The van der Waals surface area contributed by atoms with E-state index >= 15 is 0 Å². The number of nitrogens with one attached hydrogen (secondary N) is 1. The molecule has 0 radical (unpaired) electrons. The molecule has 1 N–H and O–H groups in total. The summed E-state index contributed by atoms with van der Waals surface area (Å²) in [6.45, 7) is 0.219. The second kappa shape index (κ2) is 7.72. The van der Waals surface area contributed by atoms with Crippen molar-refractivity contribution in [1.29, 1.82) is 0 Å². The summed E-state index contributed by atoms with van der Waals surface area (Å²) in [4.78, 5) is 12.8.